The van der Waals surface area contributed by atoms with Crippen LogP contribution >= 0.6 is 0 Å². The topological polar surface area (TPSA) is 18.5 Å². The van der Waals surface area contributed by atoms with E-state index in [2.05, 4.69) is 29.2 Å². The minimum atomic E-state index is -0.461. The van der Waals surface area contributed by atoms with Crippen molar-refractivity contribution in [3.8, 4) is 0 Å². The molecule has 3 nitrogen and oxygen atoms in total. The molecule has 1 aromatic rings. The van der Waals surface area contributed by atoms with Crippen LogP contribution in [0.3, 0.4) is 0 Å². The summed E-state index contributed by atoms with van der Waals surface area (Å²) in [7, 11) is 6.00. The largest absolute Gasteiger partial charge is 0.315 e. The second kappa shape index (κ2) is 6.61. The average Bonchev–Trinajstić information content (AvgIpc) is 2.42. The molecule has 2 unspecified atom stereocenters. The minimum absolute atomic E-state index is 0.0224. The van der Waals surface area contributed by atoms with Crippen molar-refractivity contribution in [1.29, 1.82) is 0 Å². The van der Waals surface area contributed by atoms with Crippen molar-refractivity contribution in [2.75, 3.05) is 40.8 Å². The predicted octanol–water partition coefficient (Wildman–Crippen LogP) is 1.34. The first-order valence-corrected chi connectivity index (χ1v) is 7.02. The molecule has 112 valence electrons. The number of rotatable bonds is 4. The van der Waals surface area contributed by atoms with Crippen molar-refractivity contribution >= 4 is 0 Å². The highest BCUT2D eigenvalue weighted by molar-refractivity contribution is 5.21. The van der Waals surface area contributed by atoms with Crippen LogP contribution < -0.4 is 5.32 Å². The summed E-state index contributed by atoms with van der Waals surface area (Å²) in [5, 5.41) is 3.22. The van der Waals surface area contributed by atoms with Gasteiger partial charge in [-0.3, -0.25) is 4.90 Å². The summed E-state index contributed by atoms with van der Waals surface area (Å²) in [4.78, 5) is 4.52. The molecule has 0 aromatic heterocycles. The summed E-state index contributed by atoms with van der Waals surface area (Å²) >= 11 is 0. The Balaban J connectivity index is 2.16. The van der Waals surface area contributed by atoms with Gasteiger partial charge in [-0.2, -0.15) is 0 Å². The molecule has 0 aliphatic carbocycles. The summed E-state index contributed by atoms with van der Waals surface area (Å²) in [6, 6.07) is 4.32. The quantitative estimate of drug-likeness (QED) is 0.900. The van der Waals surface area contributed by atoms with Crippen LogP contribution in [0.5, 0.6) is 0 Å². The van der Waals surface area contributed by atoms with Gasteiger partial charge in [-0.25, -0.2) is 8.78 Å². The van der Waals surface area contributed by atoms with E-state index in [1.54, 1.807) is 0 Å². The molecule has 1 N–H and O–H groups in total. The second-order valence-electron chi connectivity index (χ2n) is 5.61. The number of benzene rings is 1. The number of piperazine rings is 1. The Labute approximate surface area is 119 Å². The van der Waals surface area contributed by atoms with Crippen molar-refractivity contribution < 1.29 is 8.78 Å². The number of hydrogen-bond acceptors (Lipinski definition) is 3. The van der Waals surface area contributed by atoms with E-state index < -0.39 is 11.6 Å². The second-order valence-corrected chi connectivity index (χ2v) is 5.61. The third-order valence-corrected chi connectivity index (χ3v) is 4.22. The van der Waals surface area contributed by atoms with Gasteiger partial charge in [-0.1, -0.05) is 6.07 Å². The molecule has 1 heterocycles. The van der Waals surface area contributed by atoms with E-state index in [0.29, 0.717) is 6.42 Å². The lowest BCUT2D eigenvalue weighted by Gasteiger charge is -2.42. The van der Waals surface area contributed by atoms with E-state index in [0.717, 1.165) is 19.6 Å². The summed E-state index contributed by atoms with van der Waals surface area (Å²) in [5.41, 5.74) is 0.175. The highest BCUT2D eigenvalue weighted by atomic mass is 19.1. The number of nitrogens with zero attached hydrogens (tertiary/aromatic N) is 2. The number of nitrogens with one attached hydrogen (secondary N) is 1. The fourth-order valence-electron chi connectivity index (χ4n) is 2.86. The van der Waals surface area contributed by atoms with E-state index in [1.165, 1.54) is 18.2 Å². The maximum absolute atomic E-state index is 13.8. The Hall–Kier alpha value is -1.04. The van der Waals surface area contributed by atoms with E-state index in [1.807, 2.05) is 7.05 Å². The van der Waals surface area contributed by atoms with Crippen molar-refractivity contribution in [1.82, 2.24) is 15.1 Å². The molecule has 0 bridgehead atoms. The van der Waals surface area contributed by atoms with Gasteiger partial charge in [0.1, 0.15) is 11.6 Å². The zero-order valence-electron chi connectivity index (χ0n) is 12.4. The molecule has 0 amide bonds. The Morgan fingerprint density at radius 3 is 2.50 bits per heavy atom. The first-order valence-electron chi connectivity index (χ1n) is 7.02. The SMILES string of the molecule is CNC(Cc1c(F)cccc1F)C1CN(C)CCN1C. The summed E-state index contributed by atoms with van der Waals surface area (Å²) in [5.74, 6) is -0.922. The molecule has 1 fully saturated rings. The molecule has 1 aromatic carbocycles. The van der Waals surface area contributed by atoms with Crippen LogP contribution in [-0.4, -0.2) is 62.7 Å². The first-order chi connectivity index (χ1) is 9.52. The standard InChI is InChI=1S/C15H23F2N3/c1-18-14(15-10-19(2)7-8-20(15)3)9-11-12(16)5-4-6-13(11)17/h4-6,14-15,18H,7-10H2,1-3H3. The van der Waals surface area contributed by atoms with Crippen LogP contribution in [0.1, 0.15) is 5.56 Å². The molecular weight excluding hydrogens is 260 g/mol. The Kier molecular flexibility index (Phi) is 5.07. The lowest BCUT2D eigenvalue weighted by Crippen LogP contribution is -2.58. The molecule has 0 saturated carbocycles. The monoisotopic (exact) mass is 283 g/mol. The van der Waals surface area contributed by atoms with Crippen LogP contribution in [0, 0.1) is 11.6 Å². The molecule has 0 spiro atoms. The molecular formula is C15H23F2N3. The molecule has 1 aliphatic heterocycles. The van der Waals surface area contributed by atoms with Gasteiger partial charge in [0.05, 0.1) is 0 Å². The van der Waals surface area contributed by atoms with Gasteiger partial charge in [-0.15, -0.1) is 0 Å². The Morgan fingerprint density at radius 2 is 1.90 bits per heavy atom. The molecule has 2 rings (SSSR count). The van der Waals surface area contributed by atoms with Gasteiger partial charge < -0.3 is 10.2 Å². The maximum atomic E-state index is 13.8. The van der Waals surface area contributed by atoms with E-state index in [9.17, 15) is 8.78 Å². The normalized spacial score (nSPS) is 22.9. The van der Waals surface area contributed by atoms with E-state index in [-0.39, 0.29) is 17.6 Å². The zero-order chi connectivity index (χ0) is 14.7. The van der Waals surface area contributed by atoms with Crippen LogP contribution in [0.4, 0.5) is 8.78 Å². The van der Waals surface area contributed by atoms with E-state index >= 15 is 0 Å². The van der Waals surface area contributed by atoms with Gasteiger partial charge in [0, 0.05) is 37.3 Å². The van der Waals surface area contributed by atoms with Gasteiger partial charge in [-0.05, 0) is 39.7 Å². The molecule has 20 heavy (non-hydrogen) atoms. The molecule has 1 saturated heterocycles. The lowest BCUT2D eigenvalue weighted by molar-refractivity contribution is 0.0892. The van der Waals surface area contributed by atoms with Crippen molar-refractivity contribution in [2.24, 2.45) is 0 Å². The van der Waals surface area contributed by atoms with Gasteiger partial charge >= 0.3 is 0 Å². The third-order valence-electron chi connectivity index (χ3n) is 4.22. The summed E-state index contributed by atoms with van der Waals surface area (Å²) < 4.78 is 27.6. The fraction of sp³-hybridized carbons (Fsp3) is 0.600. The lowest BCUT2D eigenvalue weighted by atomic mass is 9.96. The van der Waals surface area contributed by atoms with Crippen molar-refractivity contribution in [3.05, 3.63) is 35.4 Å². The third kappa shape index (κ3) is 3.34. The highest BCUT2D eigenvalue weighted by Crippen LogP contribution is 2.18. The molecule has 5 heteroatoms. The zero-order valence-corrected chi connectivity index (χ0v) is 12.4. The Bertz CT molecular complexity index is 432. The summed E-state index contributed by atoms with van der Waals surface area (Å²) in [6.45, 7) is 2.90. The van der Waals surface area contributed by atoms with E-state index in [4.69, 9.17) is 0 Å². The Morgan fingerprint density at radius 1 is 1.25 bits per heavy atom. The highest BCUT2D eigenvalue weighted by Gasteiger charge is 2.30. The number of halogens is 2. The molecule has 2 atom stereocenters. The van der Waals surface area contributed by atoms with Gasteiger partial charge in [0.15, 0.2) is 0 Å². The molecule has 0 radical (unpaired) electrons. The number of likely N-dealkylation sites (N-methyl/N-ethyl adjacent to an activating group) is 3. The van der Waals surface area contributed by atoms with Crippen molar-refractivity contribution in [3.63, 3.8) is 0 Å². The molecule has 1 aliphatic rings. The van der Waals surface area contributed by atoms with Crippen LogP contribution in [0.15, 0.2) is 18.2 Å². The number of hydrogen-bond donors (Lipinski definition) is 1. The van der Waals surface area contributed by atoms with Crippen LogP contribution in [-0.2, 0) is 6.42 Å². The smallest absolute Gasteiger partial charge is 0.129 e. The maximum Gasteiger partial charge on any atom is 0.129 e. The van der Waals surface area contributed by atoms with Crippen LogP contribution in [0.2, 0.25) is 0 Å². The summed E-state index contributed by atoms with van der Waals surface area (Å²) in [6.07, 6.45) is 0.359. The average molecular weight is 283 g/mol. The minimum Gasteiger partial charge on any atom is -0.315 e. The van der Waals surface area contributed by atoms with Crippen molar-refractivity contribution in [2.45, 2.75) is 18.5 Å². The first kappa shape index (κ1) is 15.4. The van der Waals surface area contributed by atoms with Crippen LogP contribution in [0.25, 0.3) is 0 Å². The fourth-order valence-corrected chi connectivity index (χ4v) is 2.86. The van der Waals surface area contributed by atoms with Gasteiger partial charge in [0.2, 0.25) is 0 Å². The van der Waals surface area contributed by atoms with Gasteiger partial charge in [0.25, 0.3) is 0 Å². The predicted molar refractivity (Wildman–Crippen MR) is 76.8 cm³/mol.